The molecule has 0 aromatic carbocycles. The molecule has 2 heterocycles. The third-order valence-electron chi connectivity index (χ3n) is 2.91. The van der Waals surface area contributed by atoms with Crippen molar-refractivity contribution in [3.63, 3.8) is 0 Å². The number of nitrogens with one attached hydrogen (secondary N) is 1. The van der Waals surface area contributed by atoms with Crippen molar-refractivity contribution in [1.82, 2.24) is 20.0 Å². The number of likely N-dealkylation sites (N-methyl/N-ethyl adjacent to an activating group) is 1. The smallest absolute Gasteiger partial charge is 0.272 e. The number of aryl methyl sites for hydroxylation is 1. The van der Waals surface area contributed by atoms with Crippen LogP contribution in [0.1, 0.15) is 16.9 Å². The number of hydrogen-bond acceptors (Lipinski definition) is 4. The van der Waals surface area contributed by atoms with E-state index in [0.29, 0.717) is 18.7 Å². The maximum Gasteiger partial charge on any atom is 0.272 e. The first-order valence-corrected chi connectivity index (χ1v) is 5.34. The molecule has 1 unspecified atom stereocenters. The second kappa shape index (κ2) is 4.08. The summed E-state index contributed by atoms with van der Waals surface area (Å²) in [7, 11) is 3.35. The lowest BCUT2D eigenvalue weighted by Gasteiger charge is -2.12. The van der Waals surface area contributed by atoms with E-state index in [1.807, 2.05) is 0 Å². The van der Waals surface area contributed by atoms with Crippen molar-refractivity contribution in [2.75, 3.05) is 19.3 Å². The Kier molecular flexibility index (Phi) is 2.74. The molecule has 0 spiro atoms. The molecule has 1 aromatic rings. The molecule has 1 aliphatic heterocycles. The van der Waals surface area contributed by atoms with Crippen LogP contribution in [-0.2, 0) is 11.8 Å². The maximum atomic E-state index is 11.9. The zero-order valence-electron chi connectivity index (χ0n) is 9.80. The normalized spacial score (nSPS) is 19.8. The van der Waals surface area contributed by atoms with Gasteiger partial charge in [-0.1, -0.05) is 0 Å². The van der Waals surface area contributed by atoms with Gasteiger partial charge < -0.3 is 16.0 Å². The van der Waals surface area contributed by atoms with E-state index in [1.54, 1.807) is 19.0 Å². The lowest BCUT2D eigenvalue weighted by Crippen LogP contribution is -2.41. The third kappa shape index (κ3) is 1.95. The van der Waals surface area contributed by atoms with Crippen molar-refractivity contribution in [3.8, 4) is 0 Å². The van der Waals surface area contributed by atoms with Crippen LogP contribution >= 0.6 is 0 Å². The highest BCUT2D eigenvalue weighted by atomic mass is 16.2. The van der Waals surface area contributed by atoms with E-state index in [2.05, 4.69) is 10.4 Å². The second-order valence-corrected chi connectivity index (χ2v) is 4.15. The van der Waals surface area contributed by atoms with Gasteiger partial charge >= 0.3 is 0 Å². The number of likely N-dealkylation sites (tertiary alicyclic amines) is 1. The number of rotatable bonds is 2. The minimum absolute atomic E-state index is 0.0703. The zero-order chi connectivity index (χ0) is 12.6. The zero-order valence-corrected chi connectivity index (χ0v) is 9.80. The predicted molar refractivity (Wildman–Crippen MR) is 61.1 cm³/mol. The third-order valence-corrected chi connectivity index (χ3v) is 2.91. The fraction of sp³-hybridized carbons (Fsp3) is 0.500. The van der Waals surface area contributed by atoms with Gasteiger partial charge in [0.1, 0.15) is 11.7 Å². The number of carbonyl (C=O) groups is 2. The van der Waals surface area contributed by atoms with Crippen LogP contribution in [-0.4, -0.2) is 46.1 Å². The molecular formula is C10H15N5O2. The number of hydrogen-bond donors (Lipinski definition) is 2. The van der Waals surface area contributed by atoms with E-state index in [9.17, 15) is 9.59 Å². The van der Waals surface area contributed by atoms with Gasteiger partial charge in [0, 0.05) is 20.6 Å². The minimum Gasteiger partial charge on any atom is -0.396 e. The SMILES string of the molecule is CN1CCC(NC(=O)c2c(N)cnn2C)C1=O. The van der Waals surface area contributed by atoms with Crippen LogP contribution in [0, 0.1) is 0 Å². The quantitative estimate of drug-likeness (QED) is 0.687. The van der Waals surface area contributed by atoms with Crippen molar-refractivity contribution in [2.45, 2.75) is 12.5 Å². The molecule has 1 fully saturated rings. The summed E-state index contributed by atoms with van der Waals surface area (Å²) >= 11 is 0. The molecule has 0 saturated carbocycles. The first-order valence-electron chi connectivity index (χ1n) is 5.34. The number of nitrogens with two attached hydrogens (primary N) is 1. The van der Waals surface area contributed by atoms with Crippen LogP contribution < -0.4 is 11.1 Å². The van der Waals surface area contributed by atoms with Gasteiger partial charge in [0.15, 0.2) is 0 Å². The van der Waals surface area contributed by atoms with Crippen LogP contribution in [0.3, 0.4) is 0 Å². The summed E-state index contributed by atoms with van der Waals surface area (Å²) in [4.78, 5) is 25.2. The molecule has 0 bridgehead atoms. The lowest BCUT2D eigenvalue weighted by atomic mass is 10.2. The second-order valence-electron chi connectivity index (χ2n) is 4.15. The molecule has 17 heavy (non-hydrogen) atoms. The Morgan fingerprint density at radius 1 is 1.59 bits per heavy atom. The number of anilines is 1. The Morgan fingerprint density at radius 3 is 2.76 bits per heavy atom. The Bertz CT molecular complexity index is 448. The maximum absolute atomic E-state index is 11.9. The van der Waals surface area contributed by atoms with E-state index in [4.69, 9.17) is 5.73 Å². The Morgan fingerprint density at radius 2 is 2.29 bits per heavy atom. The molecular weight excluding hydrogens is 222 g/mol. The van der Waals surface area contributed by atoms with E-state index >= 15 is 0 Å². The summed E-state index contributed by atoms with van der Waals surface area (Å²) in [6.07, 6.45) is 2.04. The van der Waals surface area contributed by atoms with E-state index in [0.717, 1.165) is 0 Å². The molecule has 2 rings (SSSR count). The van der Waals surface area contributed by atoms with Gasteiger partial charge in [-0.15, -0.1) is 0 Å². The van der Waals surface area contributed by atoms with Gasteiger partial charge in [-0.2, -0.15) is 5.10 Å². The molecule has 0 aliphatic carbocycles. The molecule has 3 N–H and O–H groups in total. The molecule has 7 nitrogen and oxygen atoms in total. The number of nitrogen functional groups attached to an aromatic ring is 1. The average Bonchev–Trinajstić information content (AvgIpc) is 2.76. The molecule has 2 amide bonds. The number of aromatic nitrogens is 2. The van der Waals surface area contributed by atoms with Crippen molar-refractivity contribution in [1.29, 1.82) is 0 Å². The Labute approximate surface area is 98.6 Å². The summed E-state index contributed by atoms with van der Waals surface area (Å²) in [6.45, 7) is 0.657. The van der Waals surface area contributed by atoms with Crippen molar-refractivity contribution < 1.29 is 9.59 Å². The first kappa shape index (κ1) is 11.4. The fourth-order valence-corrected chi connectivity index (χ4v) is 1.92. The van der Waals surface area contributed by atoms with E-state index in [1.165, 1.54) is 10.9 Å². The lowest BCUT2D eigenvalue weighted by molar-refractivity contribution is -0.128. The van der Waals surface area contributed by atoms with Gasteiger partial charge in [0.2, 0.25) is 5.91 Å². The molecule has 92 valence electrons. The van der Waals surface area contributed by atoms with Crippen molar-refractivity contribution >= 4 is 17.5 Å². The average molecular weight is 237 g/mol. The van der Waals surface area contributed by atoms with Gasteiger partial charge in [-0.25, -0.2) is 0 Å². The molecule has 1 aromatic heterocycles. The topological polar surface area (TPSA) is 93.2 Å². The monoisotopic (exact) mass is 237 g/mol. The van der Waals surface area contributed by atoms with Gasteiger partial charge in [-0.3, -0.25) is 14.3 Å². The highest BCUT2D eigenvalue weighted by Crippen LogP contribution is 2.12. The molecule has 1 atom stereocenters. The molecule has 1 saturated heterocycles. The predicted octanol–water partition coefficient (Wildman–Crippen LogP) is -1.04. The van der Waals surface area contributed by atoms with Crippen LogP contribution in [0.4, 0.5) is 5.69 Å². The molecule has 7 heteroatoms. The summed E-state index contributed by atoms with van der Waals surface area (Å²) in [5.74, 6) is -0.435. The number of nitrogens with zero attached hydrogens (tertiary/aromatic N) is 3. The van der Waals surface area contributed by atoms with Gasteiger partial charge in [-0.05, 0) is 6.42 Å². The van der Waals surface area contributed by atoms with Crippen LogP contribution in [0.5, 0.6) is 0 Å². The minimum atomic E-state index is -0.457. The highest BCUT2D eigenvalue weighted by Gasteiger charge is 2.31. The molecule has 1 aliphatic rings. The Balaban J connectivity index is 2.10. The Hall–Kier alpha value is -2.05. The van der Waals surface area contributed by atoms with Crippen LogP contribution in [0.2, 0.25) is 0 Å². The number of amides is 2. The fourth-order valence-electron chi connectivity index (χ4n) is 1.92. The van der Waals surface area contributed by atoms with Crippen molar-refractivity contribution in [3.05, 3.63) is 11.9 Å². The summed E-state index contributed by atoms with van der Waals surface area (Å²) in [5.41, 5.74) is 6.23. The van der Waals surface area contributed by atoms with Crippen LogP contribution in [0.15, 0.2) is 6.20 Å². The summed E-state index contributed by atoms with van der Waals surface area (Å²) in [5, 5.41) is 6.55. The standard InChI is InChI=1S/C10H15N5O2/c1-14-4-3-7(10(14)17)13-9(16)8-6(11)5-12-15(8)2/h5,7H,3-4,11H2,1-2H3,(H,13,16). The van der Waals surface area contributed by atoms with E-state index < -0.39 is 6.04 Å². The molecule has 0 radical (unpaired) electrons. The summed E-state index contributed by atoms with van der Waals surface area (Å²) in [6, 6.07) is -0.457. The largest absolute Gasteiger partial charge is 0.396 e. The number of carbonyl (C=O) groups excluding carboxylic acids is 2. The van der Waals surface area contributed by atoms with Crippen molar-refractivity contribution in [2.24, 2.45) is 7.05 Å². The summed E-state index contributed by atoms with van der Waals surface area (Å²) < 4.78 is 1.40. The van der Waals surface area contributed by atoms with Crippen LogP contribution in [0.25, 0.3) is 0 Å². The van der Waals surface area contributed by atoms with Gasteiger partial charge in [0.05, 0.1) is 11.9 Å². The first-order chi connectivity index (χ1) is 8.00. The van der Waals surface area contributed by atoms with E-state index in [-0.39, 0.29) is 17.5 Å². The highest BCUT2D eigenvalue weighted by molar-refractivity contribution is 6.00. The van der Waals surface area contributed by atoms with Gasteiger partial charge in [0.25, 0.3) is 5.91 Å².